The van der Waals surface area contributed by atoms with Crippen LogP contribution < -0.4 is 5.32 Å². The van der Waals surface area contributed by atoms with Crippen molar-refractivity contribution >= 4 is 44.0 Å². The van der Waals surface area contributed by atoms with Crippen LogP contribution >= 0.6 is 31.9 Å². The lowest BCUT2D eigenvalue weighted by molar-refractivity contribution is -0.105. The molecule has 4 aromatic rings. The Morgan fingerprint density at radius 3 is 1.83 bits per heavy atom. The van der Waals surface area contributed by atoms with E-state index in [1.807, 2.05) is 6.07 Å². The lowest BCUT2D eigenvalue weighted by Crippen LogP contribution is -2.29. The van der Waals surface area contributed by atoms with E-state index in [9.17, 15) is 4.79 Å². The summed E-state index contributed by atoms with van der Waals surface area (Å²) in [6.07, 6.45) is 12.9. The first-order valence-corrected chi connectivity index (χ1v) is 17.1. The highest BCUT2D eigenvalue weighted by Gasteiger charge is 2.47. The van der Waals surface area contributed by atoms with E-state index in [0.29, 0.717) is 0 Å². The highest BCUT2D eigenvalue weighted by Crippen LogP contribution is 2.59. The molecule has 1 N–H and O–H groups in total. The van der Waals surface area contributed by atoms with Crippen LogP contribution in [0.25, 0.3) is 11.1 Å². The van der Waals surface area contributed by atoms with Gasteiger partial charge < -0.3 is 5.32 Å². The zero-order valence-electron chi connectivity index (χ0n) is 24.8. The zero-order chi connectivity index (χ0) is 29.5. The molecule has 4 aromatic carbocycles. The number of carbonyl (C=O) groups is 1. The maximum atomic E-state index is 11.8. The average Bonchev–Trinajstić information content (AvgIpc) is 3.28. The molecule has 1 amide bonds. The Hall–Kier alpha value is -2.69. The van der Waals surface area contributed by atoms with Crippen molar-refractivity contribution in [2.24, 2.45) is 0 Å². The minimum atomic E-state index is -0.531. The number of hydrogen-bond donors (Lipinski definition) is 1. The van der Waals surface area contributed by atoms with Gasteiger partial charge in [0.1, 0.15) is 0 Å². The van der Waals surface area contributed by atoms with Gasteiger partial charge in [0.05, 0.1) is 5.41 Å². The number of nitrogens with one attached hydrogen (secondary N) is 1. The number of halogens is 2. The number of carbonyl (C=O) groups excluding carboxylic acids is 1. The van der Waals surface area contributed by atoms with E-state index in [-0.39, 0.29) is 0 Å². The quantitative estimate of drug-likeness (QED) is 0.0914. The maximum Gasteiger partial charge on any atom is 0.211 e. The second kappa shape index (κ2) is 14.2. The number of amides is 1. The van der Waals surface area contributed by atoms with Gasteiger partial charge in [-0.25, -0.2) is 0 Å². The standard InChI is InChI=1S/C38H41Br2NO/c1-3-5-7-9-13-27-15-11-17-29(21-27)38(30-18-12-16-28(22-30)14-10-8-6-4-2)34-23-31(39)19-20-33(34)37-35(38)24-32(40)25-36(37)41-26-42/h11-12,15-26H,3-10,13-14H2,1-2H3,(H,41,42). The monoisotopic (exact) mass is 685 g/mol. The van der Waals surface area contributed by atoms with Gasteiger partial charge in [0, 0.05) is 20.2 Å². The molecule has 0 bridgehead atoms. The molecule has 1 aliphatic carbocycles. The van der Waals surface area contributed by atoms with Crippen molar-refractivity contribution in [3.05, 3.63) is 121 Å². The second-order valence-corrected chi connectivity index (χ2v) is 13.4. The molecule has 0 saturated carbocycles. The summed E-state index contributed by atoms with van der Waals surface area (Å²) in [4.78, 5) is 11.8. The van der Waals surface area contributed by atoms with Gasteiger partial charge in [-0.2, -0.15) is 0 Å². The Morgan fingerprint density at radius 1 is 0.667 bits per heavy atom. The molecule has 2 nitrogen and oxygen atoms in total. The molecule has 0 atom stereocenters. The SMILES string of the molecule is CCCCCCc1cccc(C2(c3cccc(CCCCCC)c3)c3cc(Br)ccc3-c3c(NC=O)cc(Br)cc32)c1. The molecule has 0 aromatic heterocycles. The molecule has 0 aliphatic heterocycles. The van der Waals surface area contributed by atoms with Crippen LogP contribution in [0.4, 0.5) is 5.69 Å². The fraction of sp³-hybridized carbons (Fsp3) is 0.342. The largest absolute Gasteiger partial charge is 0.328 e. The number of fused-ring (bicyclic) bond motifs is 3. The van der Waals surface area contributed by atoms with Gasteiger partial charge in [0.25, 0.3) is 0 Å². The second-order valence-electron chi connectivity index (χ2n) is 11.6. The van der Waals surface area contributed by atoms with Crippen molar-refractivity contribution in [2.75, 3.05) is 5.32 Å². The van der Waals surface area contributed by atoms with Crippen LogP contribution in [0.2, 0.25) is 0 Å². The van der Waals surface area contributed by atoms with Crippen LogP contribution in [0.15, 0.2) is 87.8 Å². The number of aryl methyl sites for hydroxylation is 2. The Morgan fingerprint density at radius 2 is 1.26 bits per heavy atom. The molecule has 4 heteroatoms. The Labute approximate surface area is 268 Å². The van der Waals surface area contributed by atoms with E-state index in [4.69, 9.17) is 0 Å². The minimum Gasteiger partial charge on any atom is -0.328 e. The van der Waals surface area contributed by atoms with Crippen LogP contribution in [-0.4, -0.2) is 6.41 Å². The first-order valence-electron chi connectivity index (χ1n) is 15.6. The van der Waals surface area contributed by atoms with Crippen molar-refractivity contribution in [2.45, 2.75) is 83.5 Å². The summed E-state index contributed by atoms with van der Waals surface area (Å²) in [6, 6.07) is 29.4. The third-order valence-corrected chi connectivity index (χ3v) is 9.69. The van der Waals surface area contributed by atoms with Crippen molar-refractivity contribution in [1.29, 1.82) is 0 Å². The molecule has 0 saturated heterocycles. The summed E-state index contributed by atoms with van der Waals surface area (Å²) in [5.41, 5.74) is 10.3. The van der Waals surface area contributed by atoms with E-state index in [1.54, 1.807) is 0 Å². The van der Waals surface area contributed by atoms with Crippen molar-refractivity contribution in [1.82, 2.24) is 0 Å². The van der Waals surface area contributed by atoms with Crippen LogP contribution in [0.3, 0.4) is 0 Å². The van der Waals surface area contributed by atoms with Crippen molar-refractivity contribution in [3.63, 3.8) is 0 Å². The summed E-state index contributed by atoms with van der Waals surface area (Å²) in [6.45, 7) is 4.53. The Kier molecular flexibility index (Phi) is 10.4. The van der Waals surface area contributed by atoms with Crippen molar-refractivity contribution < 1.29 is 4.79 Å². The number of rotatable bonds is 14. The summed E-state index contributed by atoms with van der Waals surface area (Å²) >= 11 is 7.62. The van der Waals surface area contributed by atoms with E-state index in [0.717, 1.165) is 45.0 Å². The number of unbranched alkanes of at least 4 members (excludes halogenated alkanes) is 6. The van der Waals surface area contributed by atoms with Crippen molar-refractivity contribution in [3.8, 4) is 11.1 Å². The third kappa shape index (κ3) is 6.17. The fourth-order valence-corrected chi connectivity index (χ4v) is 7.60. The highest BCUT2D eigenvalue weighted by atomic mass is 79.9. The van der Waals surface area contributed by atoms with E-state index in [1.165, 1.54) is 84.7 Å². The molecule has 0 unspecified atom stereocenters. The topological polar surface area (TPSA) is 29.1 Å². The van der Waals surface area contributed by atoms with Crippen LogP contribution in [0.1, 0.15) is 98.6 Å². The van der Waals surface area contributed by atoms with Gasteiger partial charge in [-0.3, -0.25) is 4.79 Å². The number of anilines is 1. The van der Waals surface area contributed by atoms with E-state index in [2.05, 4.69) is 124 Å². The normalized spacial score (nSPS) is 13.0. The van der Waals surface area contributed by atoms with Gasteiger partial charge in [0.15, 0.2) is 0 Å². The highest BCUT2D eigenvalue weighted by molar-refractivity contribution is 9.10. The summed E-state index contributed by atoms with van der Waals surface area (Å²) < 4.78 is 2.00. The molecule has 42 heavy (non-hydrogen) atoms. The van der Waals surface area contributed by atoms with Gasteiger partial charge >= 0.3 is 0 Å². The van der Waals surface area contributed by atoms with Crippen LogP contribution in [-0.2, 0) is 23.1 Å². The smallest absolute Gasteiger partial charge is 0.211 e. The summed E-state index contributed by atoms with van der Waals surface area (Å²) in [5.74, 6) is 0. The lowest BCUT2D eigenvalue weighted by Gasteiger charge is -2.35. The zero-order valence-corrected chi connectivity index (χ0v) is 28.0. The first-order chi connectivity index (χ1) is 20.5. The molecule has 0 heterocycles. The Bertz CT molecular complexity index is 1490. The predicted molar refractivity (Wildman–Crippen MR) is 185 cm³/mol. The van der Waals surface area contributed by atoms with Gasteiger partial charge in [-0.05, 0) is 88.9 Å². The summed E-state index contributed by atoms with van der Waals surface area (Å²) in [7, 11) is 0. The molecule has 1 aliphatic rings. The number of benzene rings is 4. The molecule has 0 fully saturated rings. The van der Waals surface area contributed by atoms with Crippen LogP contribution in [0.5, 0.6) is 0 Å². The predicted octanol–water partition coefficient (Wildman–Crippen LogP) is 11.4. The average molecular weight is 688 g/mol. The summed E-state index contributed by atoms with van der Waals surface area (Å²) in [5, 5.41) is 3.03. The minimum absolute atomic E-state index is 0.531. The van der Waals surface area contributed by atoms with E-state index >= 15 is 0 Å². The van der Waals surface area contributed by atoms with Gasteiger partial charge in [-0.1, -0.05) is 139 Å². The number of hydrogen-bond acceptors (Lipinski definition) is 1. The molecule has 0 radical (unpaired) electrons. The van der Waals surface area contributed by atoms with Crippen LogP contribution in [0, 0.1) is 0 Å². The van der Waals surface area contributed by atoms with Gasteiger partial charge in [0.2, 0.25) is 6.41 Å². The fourth-order valence-electron chi connectivity index (χ4n) is 6.78. The molecule has 5 rings (SSSR count). The Balaban J connectivity index is 1.77. The van der Waals surface area contributed by atoms with Gasteiger partial charge in [-0.15, -0.1) is 0 Å². The third-order valence-electron chi connectivity index (χ3n) is 8.73. The molecule has 0 spiro atoms. The molecular formula is C38H41Br2NO. The lowest BCUT2D eigenvalue weighted by atomic mass is 9.67. The molecule has 218 valence electrons. The molecular weight excluding hydrogens is 646 g/mol. The maximum absolute atomic E-state index is 11.8. The van der Waals surface area contributed by atoms with E-state index < -0.39 is 5.41 Å². The first kappa shape index (κ1) is 30.8.